The molecule has 0 aromatic heterocycles. The maximum Gasteiger partial charge on any atom is 0.334 e. The van der Waals surface area contributed by atoms with Gasteiger partial charge in [0.25, 0.3) is 0 Å². The van der Waals surface area contributed by atoms with Gasteiger partial charge in [0.1, 0.15) is 0 Å². The first-order valence-electron chi connectivity index (χ1n) is 2.29. The van der Waals surface area contributed by atoms with E-state index >= 15 is 0 Å². The van der Waals surface area contributed by atoms with Crippen molar-refractivity contribution < 1.29 is 15.0 Å². The van der Waals surface area contributed by atoms with Gasteiger partial charge in [-0.05, 0) is 6.42 Å². The standard InChI is InChI=1S/C5H8O3/c1-2-4(3-6)5(7)8/h3,6H,2H2,1H3,(H,7,8). The van der Waals surface area contributed by atoms with Crippen LogP contribution in [0, 0.1) is 0 Å². The third-order valence-electron chi connectivity index (χ3n) is 0.811. The predicted octanol–water partition coefficient (Wildman–Crippen LogP) is 0.923. The van der Waals surface area contributed by atoms with Crippen LogP contribution in [0.25, 0.3) is 0 Å². The average Bonchev–Trinajstić information content (AvgIpc) is 1.69. The molecule has 0 saturated carbocycles. The van der Waals surface area contributed by atoms with Gasteiger partial charge in [-0.2, -0.15) is 0 Å². The molecular weight excluding hydrogens is 108 g/mol. The molecule has 3 heteroatoms. The Morgan fingerprint density at radius 2 is 2.25 bits per heavy atom. The first-order valence-corrected chi connectivity index (χ1v) is 2.29. The Hall–Kier alpha value is -0.990. The van der Waals surface area contributed by atoms with Crippen molar-refractivity contribution in [2.75, 3.05) is 0 Å². The van der Waals surface area contributed by atoms with E-state index in [1.54, 1.807) is 6.92 Å². The molecule has 3 nitrogen and oxygen atoms in total. The number of rotatable bonds is 2. The van der Waals surface area contributed by atoms with Crippen molar-refractivity contribution in [2.24, 2.45) is 0 Å². The first-order chi connectivity index (χ1) is 3.72. The summed E-state index contributed by atoms with van der Waals surface area (Å²) in [6.45, 7) is 1.66. The van der Waals surface area contributed by atoms with Gasteiger partial charge in [-0.15, -0.1) is 0 Å². The van der Waals surface area contributed by atoms with E-state index in [0.29, 0.717) is 12.7 Å². The molecule has 0 aliphatic rings. The van der Waals surface area contributed by atoms with E-state index in [2.05, 4.69) is 0 Å². The largest absolute Gasteiger partial charge is 0.515 e. The third kappa shape index (κ3) is 1.64. The second-order valence-corrected chi connectivity index (χ2v) is 1.31. The fourth-order valence-corrected chi connectivity index (χ4v) is 0.298. The number of hydrogen-bond donors (Lipinski definition) is 2. The normalized spacial score (nSPS) is 11.4. The van der Waals surface area contributed by atoms with Crippen LogP contribution in [0.15, 0.2) is 11.8 Å². The van der Waals surface area contributed by atoms with Crippen LogP contribution < -0.4 is 0 Å². The highest BCUT2D eigenvalue weighted by atomic mass is 16.4. The first kappa shape index (κ1) is 7.01. The average molecular weight is 116 g/mol. The topological polar surface area (TPSA) is 57.5 Å². The van der Waals surface area contributed by atoms with Crippen LogP contribution in [0.4, 0.5) is 0 Å². The minimum Gasteiger partial charge on any atom is -0.515 e. The van der Waals surface area contributed by atoms with Gasteiger partial charge >= 0.3 is 5.97 Å². The molecule has 0 unspecified atom stereocenters. The molecular formula is C5H8O3. The van der Waals surface area contributed by atoms with Crippen LogP contribution >= 0.6 is 0 Å². The lowest BCUT2D eigenvalue weighted by atomic mass is 10.2. The van der Waals surface area contributed by atoms with E-state index in [4.69, 9.17) is 10.2 Å². The van der Waals surface area contributed by atoms with Crippen molar-refractivity contribution in [1.29, 1.82) is 0 Å². The smallest absolute Gasteiger partial charge is 0.334 e. The van der Waals surface area contributed by atoms with Crippen molar-refractivity contribution in [2.45, 2.75) is 13.3 Å². The third-order valence-corrected chi connectivity index (χ3v) is 0.811. The number of aliphatic hydroxyl groups is 1. The van der Waals surface area contributed by atoms with Gasteiger partial charge in [0.15, 0.2) is 0 Å². The van der Waals surface area contributed by atoms with Gasteiger partial charge in [0, 0.05) is 0 Å². The van der Waals surface area contributed by atoms with Crippen molar-refractivity contribution in [3.05, 3.63) is 11.8 Å². The molecule has 8 heavy (non-hydrogen) atoms. The summed E-state index contributed by atoms with van der Waals surface area (Å²) in [7, 11) is 0. The Labute approximate surface area is 47.3 Å². The van der Waals surface area contributed by atoms with Gasteiger partial charge < -0.3 is 10.2 Å². The number of carboxylic acid groups (broad SMARTS) is 1. The minimum atomic E-state index is -1.06. The zero-order chi connectivity index (χ0) is 6.57. The van der Waals surface area contributed by atoms with Crippen LogP contribution in [-0.2, 0) is 4.79 Å². The summed E-state index contributed by atoms with van der Waals surface area (Å²) in [4.78, 5) is 9.93. The maximum atomic E-state index is 9.93. The van der Waals surface area contributed by atoms with Crippen molar-refractivity contribution >= 4 is 5.97 Å². The van der Waals surface area contributed by atoms with Crippen molar-refractivity contribution in [3.8, 4) is 0 Å². The molecule has 2 N–H and O–H groups in total. The molecule has 0 rings (SSSR count). The zero-order valence-corrected chi connectivity index (χ0v) is 4.59. The number of carbonyl (C=O) groups is 1. The molecule has 0 radical (unpaired) electrons. The van der Waals surface area contributed by atoms with Crippen LogP contribution in [0.3, 0.4) is 0 Å². The van der Waals surface area contributed by atoms with Gasteiger partial charge in [-0.1, -0.05) is 6.92 Å². The van der Waals surface area contributed by atoms with Crippen LogP contribution in [0.5, 0.6) is 0 Å². The number of hydrogen-bond acceptors (Lipinski definition) is 2. The highest BCUT2D eigenvalue weighted by molar-refractivity contribution is 5.85. The summed E-state index contributed by atoms with van der Waals surface area (Å²) >= 11 is 0. The van der Waals surface area contributed by atoms with E-state index in [-0.39, 0.29) is 5.57 Å². The molecule has 0 aliphatic carbocycles. The Bertz CT molecular complexity index is 115. The lowest BCUT2D eigenvalue weighted by Gasteiger charge is -1.89. The molecule has 0 saturated heterocycles. The van der Waals surface area contributed by atoms with E-state index in [1.165, 1.54) is 0 Å². The molecule has 0 heterocycles. The van der Waals surface area contributed by atoms with Gasteiger partial charge in [0.05, 0.1) is 11.8 Å². The molecule has 0 bridgehead atoms. The Morgan fingerprint density at radius 1 is 1.75 bits per heavy atom. The lowest BCUT2D eigenvalue weighted by molar-refractivity contribution is -0.132. The quantitative estimate of drug-likeness (QED) is 0.416. The molecule has 46 valence electrons. The Balaban J connectivity index is 3.92. The van der Waals surface area contributed by atoms with Crippen molar-refractivity contribution in [1.82, 2.24) is 0 Å². The fraction of sp³-hybridized carbons (Fsp3) is 0.400. The highest BCUT2D eigenvalue weighted by Crippen LogP contribution is 1.96. The summed E-state index contributed by atoms with van der Waals surface area (Å²) in [6.07, 6.45) is 0.966. The van der Waals surface area contributed by atoms with Crippen molar-refractivity contribution in [3.63, 3.8) is 0 Å². The summed E-state index contributed by atoms with van der Waals surface area (Å²) in [6, 6.07) is 0. The maximum absolute atomic E-state index is 9.93. The molecule has 0 amide bonds. The monoisotopic (exact) mass is 116 g/mol. The van der Waals surface area contributed by atoms with Crippen LogP contribution in [0.1, 0.15) is 13.3 Å². The zero-order valence-electron chi connectivity index (χ0n) is 4.59. The second kappa shape index (κ2) is 3.07. The molecule has 0 aliphatic heterocycles. The highest BCUT2D eigenvalue weighted by Gasteiger charge is 2.01. The molecule has 0 aromatic carbocycles. The van der Waals surface area contributed by atoms with Gasteiger partial charge in [-0.25, -0.2) is 4.79 Å². The van der Waals surface area contributed by atoms with E-state index in [0.717, 1.165) is 0 Å². The van der Waals surface area contributed by atoms with Crippen LogP contribution in [0.2, 0.25) is 0 Å². The summed E-state index contributed by atoms with van der Waals surface area (Å²) in [5.74, 6) is -1.06. The Kier molecular flexibility index (Phi) is 2.69. The van der Waals surface area contributed by atoms with E-state index < -0.39 is 5.97 Å². The summed E-state index contributed by atoms with van der Waals surface area (Å²) in [5, 5.41) is 16.3. The minimum absolute atomic E-state index is 0.0324. The fourth-order valence-electron chi connectivity index (χ4n) is 0.298. The summed E-state index contributed by atoms with van der Waals surface area (Å²) in [5.41, 5.74) is 0.0324. The number of aliphatic carboxylic acids is 1. The van der Waals surface area contributed by atoms with E-state index in [9.17, 15) is 4.79 Å². The van der Waals surface area contributed by atoms with E-state index in [1.807, 2.05) is 0 Å². The van der Waals surface area contributed by atoms with Crippen LogP contribution in [-0.4, -0.2) is 16.2 Å². The van der Waals surface area contributed by atoms with Gasteiger partial charge in [0.2, 0.25) is 0 Å². The summed E-state index contributed by atoms with van der Waals surface area (Å²) < 4.78 is 0. The molecule has 0 aromatic rings. The van der Waals surface area contributed by atoms with Gasteiger partial charge in [-0.3, -0.25) is 0 Å². The predicted molar refractivity (Wildman–Crippen MR) is 28.6 cm³/mol. The molecule has 0 spiro atoms. The Morgan fingerprint density at radius 3 is 2.25 bits per heavy atom. The molecule has 0 fully saturated rings. The molecule has 0 atom stereocenters. The number of aliphatic hydroxyl groups excluding tert-OH is 1. The SMILES string of the molecule is CCC(=CO)C(=O)O. The second-order valence-electron chi connectivity index (χ2n) is 1.31. The lowest BCUT2D eigenvalue weighted by Crippen LogP contribution is -1.98. The number of carboxylic acids is 1.